The first-order chi connectivity index (χ1) is 20.7. The second kappa shape index (κ2) is 12.8. The number of aromatic nitrogens is 2. The van der Waals surface area contributed by atoms with Crippen molar-refractivity contribution in [1.29, 1.82) is 0 Å². The third-order valence-corrected chi connectivity index (χ3v) is 8.86. The molecule has 0 aliphatic rings. The van der Waals surface area contributed by atoms with Crippen LogP contribution in [0.1, 0.15) is 29.9 Å². The largest absolute Gasteiger partial charge is 0.449 e. The average molecular weight is 640 g/mol. The Hall–Kier alpha value is -4.88. The molecule has 0 saturated carbocycles. The fourth-order valence-electron chi connectivity index (χ4n) is 4.38. The summed E-state index contributed by atoms with van der Waals surface area (Å²) in [6.07, 6.45) is -1.28. The maximum Gasteiger partial charge on any atom is 0.340 e. The molecule has 4 aromatic rings. The number of nitrogens with zero attached hydrogens (tertiary/aromatic N) is 3. The van der Waals surface area contributed by atoms with Gasteiger partial charge in [-0.1, -0.05) is 29.8 Å². The summed E-state index contributed by atoms with van der Waals surface area (Å²) in [5.41, 5.74) is 0.955. The molecule has 0 saturated heterocycles. The monoisotopic (exact) mass is 639 g/mol. The van der Waals surface area contributed by atoms with Crippen LogP contribution in [0, 0.1) is 6.92 Å². The highest BCUT2D eigenvalue weighted by Crippen LogP contribution is 2.27. The van der Waals surface area contributed by atoms with Crippen molar-refractivity contribution in [2.75, 3.05) is 22.0 Å². The standard InChI is InChI=1S/C30H30ClN5O7S/c1-18-27(29(39)36(34(18)4)23-9-7-6-8-10-23)35(5)44(41,42)24-15-16-26(31)25(17-24)30(40)43-19(2)28(38)33-22-13-11-21(12-14-22)32-20(3)37/h6-17,19H,1-5H3,(H,32,37)(H,33,38). The number of benzene rings is 3. The van der Waals surface area contributed by atoms with Crippen molar-refractivity contribution in [3.8, 4) is 5.69 Å². The Morgan fingerprint density at radius 2 is 1.55 bits per heavy atom. The number of carbonyl (C=O) groups excluding carboxylic acids is 3. The molecule has 1 heterocycles. The number of halogens is 1. The maximum absolute atomic E-state index is 13.7. The van der Waals surface area contributed by atoms with Gasteiger partial charge in [0, 0.05) is 32.4 Å². The van der Waals surface area contributed by atoms with Gasteiger partial charge < -0.3 is 15.4 Å². The van der Waals surface area contributed by atoms with Gasteiger partial charge in [-0.15, -0.1) is 0 Å². The van der Waals surface area contributed by atoms with E-state index in [1.165, 1.54) is 37.7 Å². The molecule has 0 aliphatic heterocycles. The molecule has 4 rings (SSSR count). The van der Waals surface area contributed by atoms with Crippen LogP contribution in [0.5, 0.6) is 0 Å². The van der Waals surface area contributed by atoms with E-state index in [0.717, 1.165) is 10.4 Å². The van der Waals surface area contributed by atoms with Gasteiger partial charge in [0.2, 0.25) is 5.91 Å². The van der Waals surface area contributed by atoms with Gasteiger partial charge in [0.1, 0.15) is 5.69 Å². The number of para-hydroxylation sites is 1. The summed E-state index contributed by atoms with van der Waals surface area (Å²) in [5, 5.41) is 5.10. The van der Waals surface area contributed by atoms with Crippen LogP contribution in [-0.4, -0.2) is 48.7 Å². The number of esters is 1. The molecule has 1 unspecified atom stereocenters. The molecular formula is C30H30ClN5O7S. The normalized spacial score (nSPS) is 11.9. The van der Waals surface area contributed by atoms with Crippen molar-refractivity contribution >= 4 is 56.5 Å². The minimum absolute atomic E-state index is 0.0779. The summed E-state index contributed by atoms with van der Waals surface area (Å²) < 4.78 is 36.4. The Morgan fingerprint density at radius 1 is 0.955 bits per heavy atom. The van der Waals surface area contributed by atoms with Gasteiger partial charge in [0.15, 0.2) is 6.10 Å². The average Bonchev–Trinajstić information content (AvgIpc) is 3.20. The summed E-state index contributed by atoms with van der Waals surface area (Å²) >= 11 is 6.23. The summed E-state index contributed by atoms with van der Waals surface area (Å²) in [7, 11) is -1.47. The van der Waals surface area contributed by atoms with Crippen LogP contribution in [0.25, 0.3) is 5.69 Å². The molecule has 0 aliphatic carbocycles. The predicted octanol–water partition coefficient (Wildman–Crippen LogP) is 4.11. The molecule has 0 spiro atoms. The van der Waals surface area contributed by atoms with E-state index in [4.69, 9.17) is 16.3 Å². The number of hydrogen-bond acceptors (Lipinski definition) is 7. The van der Waals surface area contributed by atoms with E-state index >= 15 is 0 Å². The lowest BCUT2D eigenvalue weighted by Crippen LogP contribution is -2.32. The predicted molar refractivity (Wildman–Crippen MR) is 167 cm³/mol. The zero-order valence-corrected chi connectivity index (χ0v) is 26.1. The van der Waals surface area contributed by atoms with Crippen LogP contribution in [0.2, 0.25) is 5.02 Å². The van der Waals surface area contributed by atoms with Gasteiger partial charge in [-0.3, -0.25) is 23.4 Å². The van der Waals surface area contributed by atoms with Gasteiger partial charge in [-0.05, 0) is 68.4 Å². The Kier molecular flexibility index (Phi) is 9.30. The first kappa shape index (κ1) is 32.0. The van der Waals surface area contributed by atoms with Gasteiger partial charge >= 0.3 is 5.97 Å². The molecule has 14 heteroatoms. The molecule has 44 heavy (non-hydrogen) atoms. The number of rotatable bonds is 9. The third-order valence-electron chi connectivity index (χ3n) is 6.78. The van der Waals surface area contributed by atoms with E-state index in [9.17, 15) is 27.6 Å². The number of ether oxygens (including phenoxy) is 1. The van der Waals surface area contributed by atoms with E-state index in [2.05, 4.69) is 10.6 Å². The van der Waals surface area contributed by atoms with Crippen molar-refractivity contribution in [2.45, 2.75) is 31.8 Å². The van der Waals surface area contributed by atoms with Crippen molar-refractivity contribution < 1.29 is 27.5 Å². The minimum atomic E-state index is -4.36. The number of sulfonamides is 1. The smallest absolute Gasteiger partial charge is 0.340 e. The number of anilines is 3. The highest BCUT2D eigenvalue weighted by molar-refractivity contribution is 7.92. The van der Waals surface area contributed by atoms with Gasteiger partial charge in [0.25, 0.3) is 21.5 Å². The molecule has 1 atom stereocenters. The fourth-order valence-corrected chi connectivity index (χ4v) is 5.85. The highest BCUT2D eigenvalue weighted by Gasteiger charge is 2.30. The van der Waals surface area contributed by atoms with E-state index in [1.807, 2.05) is 0 Å². The van der Waals surface area contributed by atoms with Crippen LogP contribution in [0.15, 0.2) is 82.5 Å². The van der Waals surface area contributed by atoms with Crippen molar-refractivity contribution in [1.82, 2.24) is 9.36 Å². The quantitative estimate of drug-likeness (QED) is 0.262. The zero-order valence-electron chi connectivity index (χ0n) is 24.5. The van der Waals surface area contributed by atoms with Crippen molar-refractivity contribution in [3.63, 3.8) is 0 Å². The van der Waals surface area contributed by atoms with Gasteiger partial charge in [0.05, 0.1) is 26.9 Å². The zero-order chi connectivity index (χ0) is 32.3. The minimum Gasteiger partial charge on any atom is -0.449 e. The first-order valence-electron chi connectivity index (χ1n) is 13.2. The van der Waals surface area contributed by atoms with Crippen molar-refractivity contribution in [3.05, 3.63) is 99.4 Å². The Morgan fingerprint density at radius 3 is 2.14 bits per heavy atom. The van der Waals surface area contributed by atoms with Gasteiger partial charge in [-0.25, -0.2) is 17.9 Å². The first-order valence-corrected chi connectivity index (χ1v) is 15.1. The number of carbonyl (C=O) groups is 3. The van der Waals surface area contributed by atoms with Gasteiger partial charge in [-0.2, -0.15) is 0 Å². The Labute approximate surface area is 258 Å². The maximum atomic E-state index is 13.7. The van der Waals surface area contributed by atoms with Crippen LogP contribution >= 0.6 is 11.6 Å². The summed E-state index contributed by atoms with van der Waals surface area (Å²) in [6, 6.07) is 18.5. The molecule has 3 aromatic carbocycles. The van der Waals surface area contributed by atoms with Crippen LogP contribution in [0.3, 0.4) is 0 Å². The lowest BCUT2D eigenvalue weighted by atomic mass is 10.2. The summed E-state index contributed by atoms with van der Waals surface area (Å²) in [6.45, 7) is 4.34. The highest BCUT2D eigenvalue weighted by atomic mass is 35.5. The molecule has 2 amide bonds. The van der Waals surface area contributed by atoms with Crippen LogP contribution in [-0.2, 0) is 31.4 Å². The number of hydrogen-bond donors (Lipinski definition) is 2. The molecule has 12 nitrogen and oxygen atoms in total. The number of amides is 2. The van der Waals surface area contributed by atoms with E-state index in [-0.39, 0.29) is 27.1 Å². The summed E-state index contributed by atoms with van der Waals surface area (Å²) in [4.78, 5) is 50.0. The lowest BCUT2D eigenvalue weighted by Gasteiger charge is -2.19. The van der Waals surface area contributed by atoms with Crippen LogP contribution in [0.4, 0.5) is 17.1 Å². The Bertz CT molecular complexity index is 1900. The van der Waals surface area contributed by atoms with E-state index in [1.54, 1.807) is 73.3 Å². The SMILES string of the molecule is CC(=O)Nc1ccc(NC(=O)C(C)OC(=O)c2cc(S(=O)(=O)N(C)c3c(C)n(C)n(-c4ccccc4)c3=O)ccc2Cl)cc1. The summed E-state index contributed by atoms with van der Waals surface area (Å²) in [5.74, 6) is -1.92. The lowest BCUT2D eigenvalue weighted by molar-refractivity contribution is -0.123. The molecule has 0 fully saturated rings. The van der Waals surface area contributed by atoms with E-state index < -0.39 is 33.6 Å². The van der Waals surface area contributed by atoms with Crippen molar-refractivity contribution in [2.24, 2.45) is 7.05 Å². The fraction of sp³-hybridized carbons (Fsp3) is 0.200. The van der Waals surface area contributed by atoms with Crippen LogP contribution < -0.4 is 20.5 Å². The van der Waals surface area contributed by atoms with E-state index in [0.29, 0.717) is 22.8 Å². The topological polar surface area (TPSA) is 149 Å². The second-order valence-corrected chi connectivity index (χ2v) is 12.2. The second-order valence-electron chi connectivity index (χ2n) is 9.82. The molecule has 0 radical (unpaired) electrons. The molecule has 0 bridgehead atoms. The third kappa shape index (κ3) is 6.53. The Balaban J connectivity index is 1.55. The molecular weight excluding hydrogens is 610 g/mol. The number of nitrogens with one attached hydrogen (secondary N) is 2. The molecule has 230 valence electrons. The molecule has 1 aromatic heterocycles. The molecule has 2 N–H and O–H groups in total.